The highest BCUT2D eigenvalue weighted by Crippen LogP contribution is 2.34. The summed E-state index contributed by atoms with van der Waals surface area (Å²) in [5.41, 5.74) is 4.64. The van der Waals surface area contributed by atoms with Gasteiger partial charge in [0.2, 0.25) is 0 Å². The monoisotopic (exact) mass is 310 g/mol. The molecular weight excluding hydrogens is 292 g/mol. The molecular formula is C19H18O4. The molecule has 1 N–H and O–H groups in total. The molecule has 0 bridgehead atoms. The van der Waals surface area contributed by atoms with E-state index >= 15 is 0 Å². The highest BCUT2D eigenvalue weighted by atomic mass is 16.5. The first-order valence-electron chi connectivity index (χ1n) is 7.34. The molecule has 1 heterocycles. The summed E-state index contributed by atoms with van der Waals surface area (Å²) in [5, 5.41) is 10.0. The average molecular weight is 310 g/mol. The van der Waals surface area contributed by atoms with Crippen LogP contribution in [0.15, 0.2) is 34.7 Å². The Hall–Kier alpha value is -2.75. The topological polar surface area (TPSA) is 59.7 Å². The molecule has 23 heavy (non-hydrogen) atoms. The van der Waals surface area contributed by atoms with Crippen molar-refractivity contribution in [3.63, 3.8) is 0 Å². The third-order valence-electron chi connectivity index (χ3n) is 3.96. The van der Waals surface area contributed by atoms with E-state index in [0.29, 0.717) is 16.7 Å². The van der Waals surface area contributed by atoms with Gasteiger partial charge in [-0.3, -0.25) is 0 Å². The van der Waals surface area contributed by atoms with E-state index < -0.39 is 5.97 Å². The molecule has 0 aliphatic heterocycles. The van der Waals surface area contributed by atoms with Crippen molar-refractivity contribution in [3.05, 3.63) is 52.6 Å². The van der Waals surface area contributed by atoms with Crippen LogP contribution < -0.4 is 4.74 Å². The number of furan rings is 1. The van der Waals surface area contributed by atoms with Crippen LogP contribution in [0.3, 0.4) is 0 Å². The lowest BCUT2D eigenvalue weighted by molar-refractivity contribution is 0.0699. The van der Waals surface area contributed by atoms with Crippen LogP contribution in [-0.4, -0.2) is 18.2 Å². The Morgan fingerprint density at radius 1 is 1.04 bits per heavy atom. The minimum atomic E-state index is -0.951. The number of carboxylic acids is 1. The summed E-state index contributed by atoms with van der Waals surface area (Å²) in [4.78, 5) is 11.4. The van der Waals surface area contributed by atoms with E-state index in [1.54, 1.807) is 19.2 Å². The molecule has 1 aromatic heterocycles. The Morgan fingerprint density at radius 2 is 1.70 bits per heavy atom. The quantitative estimate of drug-likeness (QED) is 0.759. The molecule has 0 saturated carbocycles. The van der Waals surface area contributed by atoms with Crippen molar-refractivity contribution in [2.45, 2.75) is 20.8 Å². The number of aromatic carboxylic acids is 1. The van der Waals surface area contributed by atoms with E-state index in [4.69, 9.17) is 9.15 Å². The fourth-order valence-electron chi connectivity index (χ4n) is 3.01. The Labute approximate surface area is 134 Å². The summed E-state index contributed by atoms with van der Waals surface area (Å²) < 4.78 is 11.3. The molecule has 0 unspecified atom stereocenters. The van der Waals surface area contributed by atoms with Crippen LogP contribution in [0.5, 0.6) is 5.75 Å². The zero-order chi connectivity index (χ0) is 16.7. The van der Waals surface area contributed by atoms with Gasteiger partial charge in [-0.2, -0.15) is 0 Å². The van der Waals surface area contributed by atoms with Crippen LogP contribution in [0.25, 0.3) is 22.3 Å². The predicted molar refractivity (Wildman–Crippen MR) is 89.4 cm³/mol. The van der Waals surface area contributed by atoms with E-state index in [9.17, 15) is 9.90 Å². The molecule has 0 amide bonds. The van der Waals surface area contributed by atoms with Crippen molar-refractivity contribution in [2.75, 3.05) is 7.11 Å². The lowest BCUT2D eigenvalue weighted by Crippen LogP contribution is -1.96. The molecule has 118 valence electrons. The lowest BCUT2D eigenvalue weighted by atomic mass is 10.0. The molecule has 4 nitrogen and oxygen atoms in total. The Bertz CT molecular complexity index is 896. The van der Waals surface area contributed by atoms with Gasteiger partial charge in [0.15, 0.2) is 0 Å². The molecule has 4 heteroatoms. The van der Waals surface area contributed by atoms with Crippen molar-refractivity contribution in [2.24, 2.45) is 0 Å². The first-order chi connectivity index (χ1) is 10.9. The van der Waals surface area contributed by atoms with Crippen molar-refractivity contribution in [3.8, 4) is 17.1 Å². The zero-order valence-corrected chi connectivity index (χ0v) is 13.6. The smallest absolute Gasteiger partial charge is 0.336 e. The van der Waals surface area contributed by atoms with Crippen LogP contribution in [0.4, 0.5) is 0 Å². The number of hydrogen-bond donors (Lipinski definition) is 1. The van der Waals surface area contributed by atoms with Crippen molar-refractivity contribution in [1.29, 1.82) is 0 Å². The van der Waals surface area contributed by atoms with Gasteiger partial charge >= 0.3 is 5.97 Å². The second kappa shape index (κ2) is 5.47. The average Bonchev–Trinajstić information content (AvgIpc) is 2.89. The summed E-state index contributed by atoms with van der Waals surface area (Å²) in [7, 11) is 1.65. The molecule has 3 rings (SSSR count). The number of carbonyl (C=O) groups is 1. The second-order valence-electron chi connectivity index (χ2n) is 5.78. The molecule has 0 aliphatic carbocycles. The third-order valence-corrected chi connectivity index (χ3v) is 3.96. The van der Waals surface area contributed by atoms with Gasteiger partial charge in [0.25, 0.3) is 0 Å². The van der Waals surface area contributed by atoms with Crippen LogP contribution in [-0.2, 0) is 0 Å². The SMILES string of the molecule is COc1c(C)cc(-c2cc3c(C(=O)O)cc(C)cc3o2)cc1C. The summed E-state index contributed by atoms with van der Waals surface area (Å²) in [5.74, 6) is 0.557. The van der Waals surface area contributed by atoms with Gasteiger partial charge in [0.1, 0.15) is 17.1 Å². The number of hydrogen-bond acceptors (Lipinski definition) is 3. The Kier molecular flexibility index (Phi) is 3.60. The fourth-order valence-corrected chi connectivity index (χ4v) is 3.01. The predicted octanol–water partition coefficient (Wildman–Crippen LogP) is 4.73. The van der Waals surface area contributed by atoms with Gasteiger partial charge in [-0.1, -0.05) is 0 Å². The van der Waals surface area contributed by atoms with Crippen molar-refractivity contribution < 1.29 is 19.1 Å². The maximum atomic E-state index is 11.4. The fraction of sp³-hybridized carbons (Fsp3) is 0.211. The molecule has 0 saturated heterocycles. The van der Waals surface area contributed by atoms with Crippen LogP contribution in [0.1, 0.15) is 27.0 Å². The number of ether oxygens (including phenoxy) is 1. The van der Waals surface area contributed by atoms with Crippen LogP contribution in [0, 0.1) is 20.8 Å². The van der Waals surface area contributed by atoms with Gasteiger partial charge in [-0.25, -0.2) is 4.79 Å². The third kappa shape index (κ3) is 2.57. The number of aryl methyl sites for hydroxylation is 3. The highest BCUT2D eigenvalue weighted by Gasteiger charge is 2.16. The van der Waals surface area contributed by atoms with Gasteiger partial charge in [-0.15, -0.1) is 0 Å². The largest absolute Gasteiger partial charge is 0.496 e. The summed E-state index contributed by atoms with van der Waals surface area (Å²) in [6.07, 6.45) is 0. The summed E-state index contributed by atoms with van der Waals surface area (Å²) in [6.45, 7) is 5.81. The molecule has 0 fully saturated rings. The van der Waals surface area contributed by atoms with Gasteiger partial charge in [0.05, 0.1) is 12.7 Å². The zero-order valence-electron chi connectivity index (χ0n) is 13.6. The first-order valence-corrected chi connectivity index (χ1v) is 7.34. The number of rotatable bonds is 3. The summed E-state index contributed by atoms with van der Waals surface area (Å²) in [6, 6.07) is 9.27. The van der Waals surface area contributed by atoms with Crippen molar-refractivity contribution >= 4 is 16.9 Å². The van der Waals surface area contributed by atoms with E-state index in [1.165, 1.54) is 0 Å². The van der Waals surface area contributed by atoms with E-state index in [1.807, 2.05) is 39.0 Å². The highest BCUT2D eigenvalue weighted by molar-refractivity contribution is 6.03. The van der Waals surface area contributed by atoms with Gasteiger partial charge < -0.3 is 14.3 Å². The summed E-state index contributed by atoms with van der Waals surface area (Å²) >= 11 is 0. The second-order valence-corrected chi connectivity index (χ2v) is 5.78. The first kappa shape index (κ1) is 15.2. The Balaban J connectivity index is 2.22. The van der Waals surface area contributed by atoms with E-state index in [0.717, 1.165) is 28.0 Å². The molecule has 3 aromatic rings. The number of carboxylic acid groups (broad SMARTS) is 1. The maximum absolute atomic E-state index is 11.4. The molecule has 0 spiro atoms. The molecule has 0 radical (unpaired) electrons. The molecule has 0 atom stereocenters. The van der Waals surface area contributed by atoms with Crippen LogP contribution in [0.2, 0.25) is 0 Å². The molecule has 2 aromatic carbocycles. The van der Waals surface area contributed by atoms with E-state index in [2.05, 4.69) is 0 Å². The van der Waals surface area contributed by atoms with E-state index in [-0.39, 0.29) is 5.56 Å². The minimum absolute atomic E-state index is 0.261. The number of methoxy groups -OCH3 is 1. The van der Waals surface area contributed by atoms with Crippen LogP contribution >= 0.6 is 0 Å². The van der Waals surface area contributed by atoms with Gasteiger partial charge in [-0.05, 0) is 67.8 Å². The van der Waals surface area contributed by atoms with Crippen molar-refractivity contribution in [1.82, 2.24) is 0 Å². The normalized spacial score (nSPS) is 11.0. The van der Waals surface area contributed by atoms with Gasteiger partial charge in [0, 0.05) is 10.9 Å². The molecule has 0 aliphatic rings. The minimum Gasteiger partial charge on any atom is -0.496 e. The number of benzene rings is 2. The standard InChI is InChI=1S/C19H18O4/c1-10-5-15(19(20)21)14-9-16(23-17(14)6-10)13-7-11(2)18(22-4)12(3)8-13/h5-9H,1-4H3,(H,20,21). The maximum Gasteiger partial charge on any atom is 0.336 e. The lowest BCUT2D eigenvalue weighted by Gasteiger charge is -2.09. The number of fused-ring (bicyclic) bond motifs is 1. The Morgan fingerprint density at radius 3 is 2.26 bits per heavy atom.